The molecule has 19 heavy (non-hydrogen) atoms. The van der Waals surface area contributed by atoms with Gasteiger partial charge in [-0.25, -0.2) is 0 Å². The molecule has 0 amide bonds. The second-order valence-corrected chi connectivity index (χ2v) is 5.53. The number of benzene rings is 1. The number of thioether (sulfide) groups is 1. The molecule has 0 unspecified atom stereocenters. The summed E-state index contributed by atoms with van der Waals surface area (Å²) in [5.74, 6) is 0.925. The van der Waals surface area contributed by atoms with E-state index in [1.807, 2.05) is 24.8 Å². The van der Waals surface area contributed by atoms with Crippen LogP contribution in [0.3, 0.4) is 0 Å². The lowest BCUT2D eigenvalue weighted by Gasteiger charge is -2.05. The molecule has 0 radical (unpaired) electrons. The van der Waals surface area contributed by atoms with E-state index in [0.717, 1.165) is 30.2 Å². The van der Waals surface area contributed by atoms with Gasteiger partial charge in [0.1, 0.15) is 0 Å². The molecule has 2 aromatic rings. The van der Waals surface area contributed by atoms with Crippen LogP contribution in [-0.4, -0.2) is 11.5 Å². The van der Waals surface area contributed by atoms with Crippen LogP contribution in [0.25, 0.3) is 0 Å². The summed E-state index contributed by atoms with van der Waals surface area (Å²) in [4.78, 5) is 5.81. The van der Waals surface area contributed by atoms with Crippen molar-refractivity contribution in [1.29, 1.82) is 0 Å². The molecule has 0 fully saturated rings. The monoisotopic (exact) mass is 272 g/mol. The molecule has 1 aromatic heterocycles. The predicted molar refractivity (Wildman–Crippen MR) is 82.4 cm³/mol. The van der Waals surface area contributed by atoms with E-state index in [1.165, 1.54) is 10.5 Å². The molecule has 0 aliphatic rings. The summed E-state index contributed by atoms with van der Waals surface area (Å²) >= 11 is 1.83. The molecular weight excluding hydrogens is 252 g/mol. The van der Waals surface area contributed by atoms with Crippen LogP contribution >= 0.6 is 11.8 Å². The summed E-state index contributed by atoms with van der Waals surface area (Å²) in [5, 5.41) is 3.33. The molecule has 1 aromatic carbocycles. The van der Waals surface area contributed by atoms with Crippen molar-refractivity contribution in [3.05, 3.63) is 59.4 Å². The molecule has 0 spiro atoms. The van der Waals surface area contributed by atoms with Gasteiger partial charge in [-0.2, -0.15) is 0 Å². The van der Waals surface area contributed by atoms with E-state index >= 15 is 0 Å². The van der Waals surface area contributed by atoms with Gasteiger partial charge in [0.25, 0.3) is 0 Å². The minimum atomic E-state index is 0.925. The number of nitrogens with one attached hydrogen (secondary N) is 1. The van der Waals surface area contributed by atoms with Gasteiger partial charge in [-0.05, 0) is 43.3 Å². The number of nitrogens with zero attached hydrogens (tertiary/aromatic N) is 1. The predicted octanol–water partition coefficient (Wildman–Crippen LogP) is 3.79. The van der Waals surface area contributed by atoms with E-state index < -0.39 is 0 Å². The maximum absolute atomic E-state index is 4.52. The molecule has 0 saturated heterocycles. The summed E-state index contributed by atoms with van der Waals surface area (Å²) in [6.45, 7) is 6.11. The van der Waals surface area contributed by atoms with Gasteiger partial charge in [-0.1, -0.05) is 25.1 Å². The van der Waals surface area contributed by atoms with Gasteiger partial charge in [-0.3, -0.25) is 4.98 Å². The summed E-state index contributed by atoms with van der Waals surface area (Å²) in [7, 11) is 0. The summed E-state index contributed by atoms with van der Waals surface area (Å²) in [6, 6.07) is 14.9. The highest BCUT2D eigenvalue weighted by Crippen LogP contribution is 2.22. The summed E-state index contributed by atoms with van der Waals surface area (Å²) in [6.07, 6.45) is 0. The Bertz CT molecular complexity index is 508. The summed E-state index contributed by atoms with van der Waals surface area (Å²) < 4.78 is 0. The standard InChI is InChI=1S/C16H20N2S/c1-3-17-11-14-7-9-16(10-8-14)19-12-15-6-4-5-13(2)18-15/h4-10,17H,3,11-12H2,1-2H3. The van der Waals surface area contributed by atoms with Crippen LogP contribution in [0.15, 0.2) is 47.4 Å². The molecule has 1 heterocycles. The number of pyridine rings is 1. The van der Waals surface area contributed by atoms with Gasteiger partial charge in [0.05, 0.1) is 5.69 Å². The Kier molecular flexibility index (Phi) is 5.43. The van der Waals surface area contributed by atoms with Crippen molar-refractivity contribution in [1.82, 2.24) is 10.3 Å². The van der Waals surface area contributed by atoms with Crippen LogP contribution in [0, 0.1) is 6.92 Å². The van der Waals surface area contributed by atoms with Gasteiger partial charge in [-0.15, -0.1) is 11.8 Å². The lowest BCUT2D eigenvalue weighted by atomic mass is 10.2. The minimum absolute atomic E-state index is 0.925. The molecule has 0 bridgehead atoms. The Hall–Kier alpha value is -1.32. The fraction of sp³-hybridized carbons (Fsp3) is 0.312. The van der Waals surface area contributed by atoms with Gasteiger partial charge in [0, 0.05) is 22.9 Å². The van der Waals surface area contributed by atoms with E-state index in [0.29, 0.717) is 0 Å². The van der Waals surface area contributed by atoms with Crippen LogP contribution in [-0.2, 0) is 12.3 Å². The summed E-state index contributed by atoms with van der Waals surface area (Å²) in [5.41, 5.74) is 3.56. The lowest BCUT2D eigenvalue weighted by Crippen LogP contribution is -2.11. The average molecular weight is 272 g/mol. The minimum Gasteiger partial charge on any atom is -0.313 e. The van der Waals surface area contributed by atoms with Gasteiger partial charge < -0.3 is 5.32 Å². The van der Waals surface area contributed by atoms with E-state index in [1.54, 1.807) is 0 Å². The smallest absolute Gasteiger partial charge is 0.0509 e. The Morgan fingerprint density at radius 1 is 1.11 bits per heavy atom. The van der Waals surface area contributed by atoms with Crippen molar-refractivity contribution in [3.8, 4) is 0 Å². The van der Waals surface area contributed by atoms with Crippen molar-refractivity contribution in [3.63, 3.8) is 0 Å². The first kappa shape index (κ1) is 14.1. The number of rotatable bonds is 6. The third-order valence-corrected chi connectivity index (χ3v) is 3.88. The van der Waals surface area contributed by atoms with Crippen LogP contribution < -0.4 is 5.32 Å². The Balaban J connectivity index is 1.89. The van der Waals surface area contributed by atoms with E-state index in [2.05, 4.69) is 53.6 Å². The molecule has 2 nitrogen and oxygen atoms in total. The second-order valence-electron chi connectivity index (χ2n) is 4.48. The maximum Gasteiger partial charge on any atom is 0.0509 e. The maximum atomic E-state index is 4.52. The molecular formula is C16H20N2S. The van der Waals surface area contributed by atoms with Crippen LogP contribution in [0.1, 0.15) is 23.9 Å². The normalized spacial score (nSPS) is 10.6. The van der Waals surface area contributed by atoms with Gasteiger partial charge in [0.2, 0.25) is 0 Å². The molecule has 0 aliphatic heterocycles. The number of hydrogen-bond donors (Lipinski definition) is 1. The van der Waals surface area contributed by atoms with E-state index in [-0.39, 0.29) is 0 Å². The van der Waals surface area contributed by atoms with Crippen LogP contribution in [0.5, 0.6) is 0 Å². The first-order chi connectivity index (χ1) is 9.28. The Morgan fingerprint density at radius 2 is 1.89 bits per heavy atom. The largest absolute Gasteiger partial charge is 0.313 e. The van der Waals surface area contributed by atoms with E-state index in [4.69, 9.17) is 0 Å². The zero-order valence-electron chi connectivity index (χ0n) is 11.5. The highest BCUT2D eigenvalue weighted by molar-refractivity contribution is 7.98. The highest BCUT2D eigenvalue weighted by atomic mass is 32.2. The molecule has 0 aliphatic carbocycles. The third kappa shape index (κ3) is 4.69. The number of aromatic nitrogens is 1. The molecule has 3 heteroatoms. The average Bonchev–Trinajstić information content (AvgIpc) is 2.44. The topological polar surface area (TPSA) is 24.9 Å². The SMILES string of the molecule is CCNCc1ccc(SCc2cccc(C)n2)cc1. The fourth-order valence-corrected chi connectivity index (χ4v) is 2.61. The Morgan fingerprint density at radius 3 is 2.58 bits per heavy atom. The van der Waals surface area contributed by atoms with Crippen molar-refractivity contribution in [2.45, 2.75) is 31.0 Å². The first-order valence-corrected chi connectivity index (χ1v) is 7.61. The van der Waals surface area contributed by atoms with Gasteiger partial charge in [0.15, 0.2) is 0 Å². The molecule has 1 N–H and O–H groups in total. The molecule has 0 saturated carbocycles. The van der Waals surface area contributed by atoms with E-state index in [9.17, 15) is 0 Å². The van der Waals surface area contributed by atoms with Crippen molar-refractivity contribution < 1.29 is 0 Å². The first-order valence-electron chi connectivity index (χ1n) is 6.63. The molecule has 2 rings (SSSR count). The second kappa shape index (κ2) is 7.31. The zero-order valence-corrected chi connectivity index (χ0v) is 12.3. The lowest BCUT2D eigenvalue weighted by molar-refractivity contribution is 0.726. The van der Waals surface area contributed by atoms with Gasteiger partial charge >= 0.3 is 0 Å². The Labute approximate surface area is 119 Å². The van der Waals surface area contributed by atoms with Crippen LogP contribution in [0.2, 0.25) is 0 Å². The van der Waals surface area contributed by atoms with Crippen molar-refractivity contribution in [2.75, 3.05) is 6.54 Å². The fourth-order valence-electron chi connectivity index (χ4n) is 1.81. The van der Waals surface area contributed by atoms with Crippen molar-refractivity contribution >= 4 is 11.8 Å². The number of aryl methyl sites for hydroxylation is 1. The zero-order chi connectivity index (χ0) is 13.5. The highest BCUT2D eigenvalue weighted by Gasteiger charge is 1.99. The quantitative estimate of drug-likeness (QED) is 0.810. The molecule has 0 atom stereocenters. The third-order valence-electron chi connectivity index (χ3n) is 2.84. The van der Waals surface area contributed by atoms with Crippen molar-refractivity contribution in [2.24, 2.45) is 0 Å². The molecule has 100 valence electrons. The number of hydrogen-bond acceptors (Lipinski definition) is 3. The van der Waals surface area contributed by atoms with Crippen LogP contribution in [0.4, 0.5) is 0 Å².